The van der Waals surface area contributed by atoms with Gasteiger partial charge in [-0.2, -0.15) is 0 Å². The van der Waals surface area contributed by atoms with Crippen LogP contribution in [0.25, 0.3) is 0 Å². The van der Waals surface area contributed by atoms with Crippen molar-refractivity contribution in [2.24, 2.45) is 0 Å². The van der Waals surface area contributed by atoms with E-state index in [1.54, 1.807) is 243 Å². The van der Waals surface area contributed by atoms with Crippen molar-refractivity contribution >= 4 is 31.3 Å². The van der Waals surface area contributed by atoms with Gasteiger partial charge in [0.25, 0.3) is 0 Å². The number of halogens is 2. The summed E-state index contributed by atoms with van der Waals surface area (Å²) in [5.41, 5.74) is 3.75. The van der Waals surface area contributed by atoms with Gasteiger partial charge >= 0.3 is 31.3 Å². The maximum atomic E-state index is 18.3. The molecule has 440 valence electrons. The third-order valence-electron chi connectivity index (χ3n) is 12.8. The summed E-state index contributed by atoms with van der Waals surface area (Å²) in [5, 5.41) is 0. The van der Waals surface area contributed by atoms with Gasteiger partial charge in [-0.05, 0) is 44.5 Å². The summed E-state index contributed by atoms with van der Waals surface area (Å²) >= 11 is 0. The molecule has 0 heterocycles. The highest BCUT2D eigenvalue weighted by Gasteiger charge is 2.62. The minimum absolute atomic E-state index is 0.456. The van der Waals surface area contributed by atoms with Gasteiger partial charge in [0.2, 0.25) is 0 Å². The van der Waals surface area contributed by atoms with Gasteiger partial charge in [0, 0.05) is 0 Å². The Morgan fingerprint density at radius 1 is 0.226 bits per heavy atom. The Labute approximate surface area is 487 Å². The average Bonchev–Trinajstić information content (AvgIpc) is 2.48. The first-order valence-electron chi connectivity index (χ1n) is 26.7. The monoisotopic (exact) mass is 1220 g/mol. The molecule has 8 aromatic rings. The van der Waals surface area contributed by atoms with E-state index in [2.05, 4.69) is 0 Å². The normalized spacial score (nSPS) is 18.5. The van der Waals surface area contributed by atoms with E-state index in [4.69, 9.17) is 54.3 Å². The molecule has 0 aliphatic heterocycles. The van der Waals surface area contributed by atoms with E-state index in [0.29, 0.717) is 44.5 Å². The molecule has 84 heavy (non-hydrogen) atoms. The Morgan fingerprint density at radius 3 is 0.500 bits per heavy atom. The van der Waals surface area contributed by atoms with Gasteiger partial charge in [-0.1, -0.05) is 243 Å². The molecule has 8 aromatic carbocycles. The molecule has 16 nitrogen and oxygen atoms in total. The van der Waals surface area contributed by atoms with Crippen molar-refractivity contribution in [3.05, 3.63) is 287 Å². The quantitative estimate of drug-likeness (QED) is 0.0363. The number of phosphoric acid groups is 4. The van der Waals surface area contributed by atoms with Crippen LogP contribution in [0.15, 0.2) is 243 Å². The molecule has 0 radical (unpaired) electrons. The van der Waals surface area contributed by atoms with Crippen LogP contribution < -0.4 is 0 Å². The zero-order valence-electron chi connectivity index (χ0n) is 45.3. The van der Waals surface area contributed by atoms with Gasteiger partial charge in [-0.3, -0.25) is 54.3 Å². The van der Waals surface area contributed by atoms with Gasteiger partial charge in [-0.15, -0.1) is 0 Å². The van der Waals surface area contributed by atoms with Crippen molar-refractivity contribution in [3.8, 4) is 0 Å². The predicted molar refractivity (Wildman–Crippen MR) is 310 cm³/mol. The number of alkyl halides is 2. The molecule has 0 saturated heterocycles. The van der Waals surface area contributed by atoms with Crippen molar-refractivity contribution in [1.29, 1.82) is 0 Å². The Bertz CT molecular complexity index is 2990. The standard InChI is InChI=1S/C62H62F2O16P4/c63-57-58(64)60(78-82(66,71-43-51-29-13-3-14-30-51)72-44-52-31-15-4-16-32-52)62(80-84(68,75-47-55-37-21-7-22-38-55)76-48-56-39-23-8-24-40-56)61(79-83(67,73-45-53-33-17-5-18-34-53)74-46-54-35-19-6-20-36-54)59(57)77-81(65,69-41-49-25-9-1-10-26-49)70-42-50-27-11-2-12-28-50/h1-40,57-62H,41-48H2/t57-,58-,59+,60+,61-,62-/m1/s1. The molecule has 1 aliphatic carbocycles. The molecule has 0 bridgehead atoms. The van der Waals surface area contributed by atoms with Crippen LogP contribution in [-0.2, 0) is 125 Å². The first-order chi connectivity index (χ1) is 40.8. The zero-order chi connectivity index (χ0) is 58.5. The molecule has 1 fully saturated rings. The van der Waals surface area contributed by atoms with E-state index in [9.17, 15) is 0 Å². The summed E-state index contributed by atoms with van der Waals surface area (Å²) in [4.78, 5) is 0. The fourth-order valence-electron chi connectivity index (χ4n) is 8.39. The second-order valence-corrected chi connectivity index (χ2v) is 25.5. The van der Waals surface area contributed by atoms with Gasteiger partial charge in [-0.25, -0.2) is 27.0 Å². The van der Waals surface area contributed by atoms with Crippen molar-refractivity contribution < 1.29 is 81.3 Å². The minimum atomic E-state index is -5.29. The molecule has 22 heteroatoms. The maximum absolute atomic E-state index is 18.3. The molecule has 6 atom stereocenters. The summed E-state index contributed by atoms with van der Waals surface area (Å²) in [6, 6.07) is 67.6. The van der Waals surface area contributed by atoms with E-state index in [-0.39, 0.29) is 0 Å². The molecule has 0 aromatic heterocycles. The van der Waals surface area contributed by atoms with E-state index in [0.717, 1.165) is 0 Å². The largest absolute Gasteiger partial charge is 0.475 e. The van der Waals surface area contributed by atoms with E-state index < -0.39 is 121 Å². The first kappa shape index (κ1) is 62.6. The van der Waals surface area contributed by atoms with Gasteiger partial charge < -0.3 is 0 Å². The van der Waals surface area contributed by atoms with Crippen LogP contribution in [-0.4, -0.2) is 36.8 Å². The van der Waals surface area contributed by atoms with Crippen LogP contribution >= 0.6 is 31.3 Å². The molecule has 0 N–H and O–H groups in total. The lowest BCUT2D eigenvalue weighted by molar-refractivity contribution is -0.182. The number of rotatable bonds is 32. The van der Waals surface area contributed by atoms with Crippen LogP contribution in [0.4, 0.5) is 8.78 Å². The summed E-state index contributed by atoms with van der Waals surface area (Å²) in [7, 11) is -21.0. The number of hydrogen-bond acceptors (Lipinski definition) is 16. The minimum Gasteiger partial charge on any atom is -0.282 e. The smallest absolute Gasteiger partial charge is 0.282 e. The lowest BCUT2D eigenvalue weighted by atomic mass is 9.87. The van der Waals surface area contributed by atoms with Gasteiger partial charge in [0.1, 0.15) is 24.4 Å². The molecule has 0 amide bonds. The Hall–Kier alpha value is -5.94. The lowest BCUT2D eigenvalue weighted by Crippen LogP contribution is -2.63. The van der Waals surface area contributed by atoms with Crippen molar-refractivity contribution in [2.75, 3.05) is 0 Å². The van der Waals surface area contributed by atoms with E-state index >= 15 is 27.0 Å². The highest BCUT2D eigenvalue weighted by Crippen LogP contribution is 2.63. The number of phosphoric ester groups is 4. The highest BCUT2D eigenvalue weighted by atomic mass is 31.2. The van der Waals surface area contributed by atoms with Gasteiger partial charge in [0.05, 0.1) is 52.9 Å². The second-order valence-electron chi connectivity index (χ2n) is 19.0. The fraction of sp³-hybridized carbons (Fsp3) is 0.226. The number of benzene rings is 8. The average molecular weight is 1230 g/mol. The van der Waals surface area contributed by atoms with Crippen molar-refractivity contribution in [1.82, 2.24) is 0 Å². The summed E-state index contributed by atoms with van der Waals surface area (Å²) in [6.07, 6.45) is -16.5. The van der Waals surface area contributed by atoms with Crippen LogP contribution in [0.3, 0.4) is 0 Å². The van der Waals surface area contributed by atoms with Crippen LogP contribution in [0.2, 0.25) is 0 Å². The SMILES string of the molecule is O=P(OCc1ccccc1)(OCc1ccccc1)O[C@H]1[C@H](OP(=O)(OCc2ccccc2)OCc2ccccc2)[C@@H](OP(=O)(OCc2ccccc2)OCc2ccccc2)[C@H](F)[C@@H](F)[C@@H]1OP(=O)(OCc1ccccc1)OCc1ccccc1. The summed E-state index contributed by atoms with van der Waals surface area (Å²) in [5.74, 6) is 0. The van der Waals surface area contributed by atoms with Crippen LogP contribution in [0.5, 0.6) is 0 Å². The lowest BCUT2D eigenvalue weighted by Gasteiger charge is -2.46. The van der Waals surface area contributed by atoms with Crippen molar-refractivity contribution in [2.45, 2.75) is 89.6 Å². The van der Waals surface area contributed by atoms with Crippen LogP contribution in [0.1, 0.15) is 44.5 Å². The molecular formula is C62H62F2O16P4. The van der Waals surface area contributed by atoms with E-state index in [1.165, 1.54) is 0 Å². The summed E-state index contributed by atoms with van der Waals surface area (Å²) in [6.45, 7) is -3.68. The Morgan fingerprint density at radius 2 is 0.357 bits per heavy atom. The predicted octanol–water partition coefficient (Wildman–Crippen LogP) is 16.4. The highest BCUT2D eigenvalue weighted by molar-refractivity contribution is 7.49. The summed E-state index contributed by atoms with van der Waals surface area (Å²) < 4.78 is 172. The van der Waals surface area contributed by atoms with Crippen molar-refractivity contribution in [3.63, 3.8) is 0 Å². The fourth-order valence-corrected chi connectivity index (χ4v) is 13.8. The molecule has 1 saturated carbocycles. The zero-order valence-corrected chi connectivity index (χ0v) is 48.9. The molecular weight excluding hydrogens is 1160 g/mol. The maximum Gasteiger partial charge on any atom is 0.475 e. The number of hydrogen-bond donors (Lipinski definition) is 0. The molecule has 1 aliphatic rings. The second kappa shape index (κ2) is 30.9. The topological polar surface area (TPSA) is 179 Å². The third-order valence-corrected chi connectivity index (χ3v) is 18.3. The van der Waals surface area contributed by atoms with Crippen LogP contribution in [0, 0.1) is 0 Å². The Balaban J connectivity index is 1.20. The molecule has 9 rings (SSSR count). The third kappa shape index (κ3) is 19.0. The van der Waals surface area contributed by atoms with Gasteiger partial charge in [0.15, 0.2) is 12.3 Å². The molecule has 0 spiro atoms. The Kier molecular flexibility index (Phi) is 23.0. The first-order valence-corrected chi connectivity index (χ1v) is 32.6. The molecule has 0 unspecified atom stereocenters. The van der Waals surface area contributed by atoms with E-state index in [1.807, 2.05) is 0 Å².